The topological polar surface area (TPSA) is 37.3 Å². The molecule has 0 aliphatic carbocycles. The smallest absolute Gasteiger partial charge is 0.253 e. The van der Waals surface area contributed by atoms with E-state index in [0.29, 0.717) is 26.2 Å². The minimum absolute atomic E-state index is 0.00592. The summed E-state index contributed by atoms with van der Waals surface area (Å²) in [6.07, 6.45) is -3.23. The normalized spacial score (nSPS) is 11.9. The van der Waals surface area contributed by atoms with Gasteiger partial charge in [-0.15, -0.1) is 0 Å². The van der Waals surface area contributed by atoms with Crippen molar-refractivity contribution in [3.8, 4) is 10.4 Å². The molecule has 0 aliphatic rings. The van der Waals surface area contributed by atoms with Crippen molar-refractivity contribution in [1.29, 1.82) is 0 Å². The first-order valence-corrected chi connectivity index (χ1v) is 9.27. The van der Waals surface area contributed by atoms with Crippen molar-refractivity contribution < 1.29 is 13.2 Å². The van der Waals surface area contributed by atoms with Gasteiger partial charge in [0.05, 0.1) is 16.1 Å². The highest BCUT2D eigenvalue weighted by Crippen LogP contribution is 2.42. The summed E-state index contributed by atoms with van der Waals surface area (Å²) in [5, 5.41) is 5.16. The van der Waals surface area contributed by atoms with Crippen molar-refractivity contribution in [2.24, 2.45) is 5.10 Å². The Labute approximate surface area is 171 Å². The van der Waals surface area contributed by atoms with Crippen LogP contribution in [0.2, 0.25) is 15.1 Å². The zero-order valence-corrected chi connectivity index (χ0v) is 16.3. The van der Waals surface area contributed by atoms with Gasteiger partial charge in [0.15, 0.2) is 5.69 Å². The van der Waals surface area contributed by atoms with Crippen molar-refractivity contribution >= 4 is 57.5 Å². The lowest BCUT2D eigenvalue weighted by atomic mass is 10.1. The maximum absolute atomic E-state index is 13.3. The second-order valence-electron chi connectivity index (χ2n) is 5.24. The average molecular weight is 451 g/mol. The Bertz CT molecular complexity index is 985. The molecule has 3 nitrogen and oxygen atoms in total. The molecule has 3 rings (SSSR count). The number of hydrogen-bond acceptors (Lipinski definition) is 4. The van der Waals surface area contributed by atoms with E-state index in [1.807, 2.05) is 0 Å². The number of nitrogens with zero attached hydrogens (tertiary/aromatic N) is 2. The summed E-state index contributed by atoms with van der Waals surface area (Å²) in [6.45, 7) is 0. The minimum Gasteiger partial charge on any atom is -0.253 e. The van der Waals surface area contributed by atoms with Crippen LogP contribution in [0.4, 0.5) is 18.3 Å². The molecule has 0 spiro atoms. The Morgan fingerprint density at radius 3 is 2.30 bits per heavy atom. The molecule has 0 aliphatic heterocycles. The monoisotopic (exact) mass is 449 g/mol. The zero-order valence-electron chi connectivity index (χ0n) is 13.2. The third-order valence-corrected chi connectivity index (χ3v) is 5.15. The highest BCUT2D eigenvalue weighted by Gasteiger charge is 2.38. The van der Waals surface area contributed by atoms with Crippen LogP contribution in [-0.4, -0.2) is 11.2 Å². The van der Waals surface area contributed by atoms with Gasteiger partial charge in [0.25, 0.3) is 0 Å². The molecule has 0 unspecified atom stereocenters. The number of benzene rings is 2. The number of anilines is 1. The van der Waals surface area contributed by atoms with Crippen LogP contribution in [0.25, 0.3) is 10.4 Å². The van der Waals surface area contributed by atoms with E-state index in [1.165, 1.54) is 36.5 Å². The minimum atomic E-state index is -4.60. The maximum Gasteiger partial charge on any atom is 0.434 e. The number of thiazole rings is 1. The summed E-state index contributed by atoms with van der Waals surface area (Å²) in [5.74, 6) is 0. The fourth-order valence-corrected chi connectivity index (χ4v) is 3.64. The summed E-state index contributed by atoms with van der Waals surface area (Å²) < 4.78 is 40.0. The molecule has 0 atom stereocenters. The fraction of sp³-hybridized carbons (Fsp3) is 0.0588. The quantitative estimate of drug-likeness (QED) is 0.336. The second-order valence-corrected chi connectivity index (χ2v) is 7.52. The number of hydrazone groups is 1. The van der Waals surface area contributed by atoms with Gasteiger partial charge in [-0.2, -0.15) is 18.3 Å². The molecule has 0 amide bonds. The largest absolute Gasteiger partial charge is 0.434 e. The SMILES string of the molecule is FC(F)(F)c1nc(N/N=C/c2ccc(Cl)cc2Cl)sc1-c1ccc(Cl)cc1. The summed E-state index contributed by atoms with van der Waals surface area (Å²) in [4.78, 5) is 3.60. The van der Waals surface area contributed by atoms with E-state index in [9.17, 15) is 13.2 Å². The summed E-state index contributed by atoms with van der Waals surface area (Å²) in [6, 6.07) is 10.8. The molecule has 1 N–H and O–H groups in total. The van der Waals surface area contributed by atoms with Gasteiger partial charge in [0.2, 0.25) is 5.13 Å². The highest BCUT2D eigenvalue weighted by atomic mass is 35.5. The van der Waals surface area contributed by atoms with Crippen LogP contribution in [0.1, 0.15) is 11.3 Å². The van der Waals surface area contributed by atoms with E-state index < -0.39 is 11.9 Å². The Kier molecular flexibility index (Phi) is 5.95. The van der Waals surface area contributed by atoms with E-state index in [4.69, 9.17) is 34.8 Å². The zero-order chi connectivity index (χ0) is 19.6. The molecule has 1 aromatic heterocycles. The molecule has 10 heteroatoms. The van der Waals surface area contributed by atoms with Crippen LogP contribution in [0.15, 0.2) is 47.6 Å². The lowest BCUT2D eigenvalue weighted by Crippen LogP contribution is -2.07. The van der Waals surface area contributed by atoms with Crippen molar-refractivity contribution in [2.45, 2.75) is 6.18 Å². The third-order valence-electron chi connectivity index (χ3n) is 3.33. The van der Waals surface area contributed by atoms with Crippen LogP contribution in [0.5, 0.6) is 0 Å². The van der Waals surface area contributed by atoms with Crippen LogP contribution >= 0.6 is 46.1 Å². The second kappa shape index (κ2) is 8.06. The van der Waals surface area contributed by atoms with Gasteiger partial charge < -0.3 is 0 Å². The number of alkyl halides is 3. The molecule has 2 aromatic carbocycles. The maximum atomic E-state index is 13.3. The molecule has 0 bridgehead atoms. The standard InChI is InChI=1S/C17H9Cl3F3N3S/c18-11-4-1-9(2-5-11)14-15(17(21,22)23)25-16(27-14)26-24-8-10-3-6-12(19)7-13(10)20/h1-8H,(H,25,26)/b24-8+. The first-order chi connectivity index (χ1) is 12.7. The summed E-state index contributed by atoms with van der Waals surface area (Å²) in [7, 11) is 0. The van der Waals surface area contributed by atoms with Gasteiger partial charge >= 0.3 is 6.18 Å². The van der Waals surface area contributed by atoms with Gasteiger partial charge in [0.1, 0.15) is 0 Å². The molecule has 27 heavy (non-hydrogen) atoms. The van der Waals surface area contributed by atoms with Crippen molar-refractivity contribution in [3.63, 3.8) is 0 Å². The molecular formula is C17H9Cl3F3N3S. The van der Waals surface area contributed by atoms with Crippen LogP contribution in [0.3, 0.4) is 0 Å². The fourth-order valence-electron chi connectivity index (χ4n) is 2.12. The highest BCUT2D eigenvalue weighted by molar-refractivity contribution is 7.19. The molecule has 1 heterocycles. The van der Waals surface area contributed by atoms with Gasteiger partial charge in [-0.1, -0.05) is 64.3 Å². The Balaban J connectivity index is 1.88. The van der Waals surface area contributed by atoms with Crippen LogP contribution in [-0.2, 0) is 6.18 Å². The van der Waals surface area contributed by atoms with Gasteiger partial charge in [0, 0.05) is 15.6 Å². The Morgan fingerprint density at radius 2 is 1.67 bits per heavy atom. The van der Waals surface area contributed by atoms with E-state index in [0.717, 1.165) is 11.3 Å². The predicted molar refractivity (Wildman–Crippen MR) is 105 cm³/mol. The predicted octanol–water partition coefficient (Wildman–Crippen LogP) is 7.24. The molecule has 0 fully saturated rings. The average Bonchev–Trinajstić information content (AvgIpc) is 3.02. The van der Waals surface area contributed by atoms with E-state index in [2.05, 4.69) is 15.5 Å². The first-order valence-electron chi connectivity index (χ1n) is 7.32. The summed E-state index contributed by atoms with van der Waals surface area (Å²) >= 11 is 18.5. The van der Waals surface area contributed by atoms with Crippen LogP contribution in [0, 0.1) is 0 Å². The Morgan fingerprint density at radius 1 is 1.00 bits per heavy atom. The van der Waals surface area contributed by atoms with Crippen molar-refractivity contribution in [3.05, 3.63) is 68.8 Å². The van der Waals surface area contributed by atoms with Crippen LogP contribution < -0.4 is 5.43 Å². The molecule has 140 valence electrons. The lowest BCUT2D eigenvalue weighted by molar-refractivity contribution is -0.140. The number of hydrogen-bond donors (Lipinski definition) is 1. The van der Waals surface area contributed by atoms with E-state index in [-0.39, 0.29) is 10.0 Å². The van der Waals surface area contributed by atoms with Gasteiger partial charge in [-0.25, -0.2) is 4.98 Å². The van der Waals surface area contributed by atoms with Gasteiger partial charge in [-0.05, 0) is 29.8 Å². The number of aromatic nitrogens is 1. The molecule has 0 saturated heterocycles. The van der Waals surface area contributed by atoms with E-state index >= 15 is 0 Å². The Hall–Kier alpha value is -1.80. The van der Waals surface area contributed by atoms with Gasteiger partial charge in [-0.3, -0.25) is 5.43 Å². The van der Waals surface area contributed by atoms with E-state index in [1.54, 1.807) is 12.1 Å². The number of nitrogens with one attached hydrogen (secondary N) is 1. The number of halogens is 6. The van der Waals surface area contributed by atoms with Crippen molar-refractivity contribution in [2.75, 3.05) is 5.43 Å². The molecular weight excluding hydrogens is 442 g/mol. The number of rotatable bonds is 4. The molecule has 0 saturated carbocycles. The first kappa shape index (κ1) is 19.9. The summed E-state index contributed by atoms with van der Waals surface area (Å²) in [5.41, 5.74) is 2.44. The third kappa shape index (κ3) is 4.93. The molecule has 3 aromatic rings. The lowest BCUT2D eigenvalue weighted by Gasteiger charge is -2.05. The van der Waals surface area contributed by atoms with Crippen molar-refractivity contribution in [1.82, 2.24) is 4.98 Å². The molecule has 0 radical (unpaired) electrons.